The Bertz CT molecular complexity index is 641. The average Bonchev–Trinajstić information content (AvgIpc) is 2.41. The van der Waals surface area contributed by atoms with E-state index in [2.05, 4.69) is 26.6 Å². The highest BCUT2D eigenvalue weighted by atomic mass is 79.9. The molecule has 0 aromatic heterocycles. The fraction of sp³-hybridized carbons (Fsp3) is 0. The first-order valence-corrected chi connectivity index (χ1v) is 6.72. The first kappa shape index (κ1) is 14.1. The molecule has 102 valence electrons. The highest BCUT2D eigenvalue weighted by molar-refractivity contribution is 9.10. The van der Waals surface area contributed by atoms with Crippen LogP contribution in [0.15, 0.2) is 59.2 Å². The van der Waals surface area contributed by atoms with Gasteiger partial charge in [-0.05, 0) is 35.9 Å². The SMILES string of the molecule is O=C(N/C=C/c1cccc(Br)c1)Nc1ccccc1O. The molecule has 20 heavy (non-hydrogen) atoms. The minimum absolute atomic E-state index is 0.0265. The maximum absolute atomic E-state index is 11.6. The van der Waals surface area contributed by atoms with E-state index in [0.29, 0.717) is 5.69 Å². The summed E-state index contributed by atoms with van der Waals surface area (Å²) in [4.78, 5) is 11.6. The van der Waals surface area contributed by atoms with Gasteiger partial charge in [0, 0.05) is 10.7 Å². The van der Waals surface area contributed by atoms with Crippen molar-refractivity contribution >= 4 is 33.7 Å². The Hall–Kier alpha value is -2.27. The second-order valence-corrected chi connectivity index (χ2v) is 4.92. The number of rotatable bonds is 3. The van der Waals surface area contributed by atoms with Crippen LogP contribution in [0.4, 0.5) is 10.5 Å². The van der Waals surface area contributed by atoms with Crippen LogP contribution >= 0.6 is 15.9 Å². The smallest absolute Gasteiger partial charge is 0.323 e. The molecule has 3 N–H and O–H groups in total. The third-order valence-electron chi connectivity index (χ3n) is 2.49. The highest BCUT2D eigenvalue weighted by Gasteiger charge is 2.02. The van der Waals surface area contributed by atoms with Crippen LogP contribution < -0.4 is 10.6 Å². The Labute approximate surface area is 125 Å². The van der Waals surface area contributed by atoms with Gasteiger partial charge in [-0.2, -0.15) is 0 Å². The largest absolute Gasteiger partial charge is 0.506 e. The van der Waals surface area contributed by atoms with Gasteiger partial charge in [-0.1, -0.05) is 40.2 Å². The summed E-state index contributed by atoms with van der Waals surface area (Å²) < 4.78 is 0.971. The molecule has 2 rings (SSSR count). The standard InChI is InChI=1S/C15H13BrN2O2/c16-12-5-3-4-11(10-12)8-9-17-15(20)18-13-6-1-2-7-14(13)19/h1-10,19H,(H2,17,18,20)/b9-8+. The van der Waals surface area contributed by atoms with Crippen LogP contribution in [0.2, 0.25) is 0 Å². The van der Waals surface area contributed by atoms with E-state index in [1.807, 2.05) is 24.3 Å². The van der Waals surface area contributed by atoms with Gasteiger partial charge in [0.05, 0.1) is 5.69 Å². The number of urea groups is 1. The summed E-state index contributed by atoms with van der Waals surface area (Å²) in [6.07, 6.45) is 3.31. The number of amides is 2. The Kier molecular flexibility index (Phi) is 4.79. The van der Waals surface area contributed by atoms with Crippen molar-refractivity contribution in [3.63, 3.8) is 0 Å². The number of hydrogen-bond acceptors (Lipinski definition) is 2. The summed E-state index contributed by atoms with van der Waals surface area (Å²) in [5.74, 6) is 0.0265. The molecule has 0 unspecified atom stereocenters. The van der Waals surface area contributed by atoms with Crippen molar-refractivity contribution < 1.29 is 9.90 Å². The van der Waals surface area contributed by atoms with Gasteiger partial charge in [0.2, 0.25) is 0 Å². The van der Waals surface area contributed by atoms with Crippen molar-refractivity contribution in [2.24, 2.45) is 0 Å². The predicted octanol–water partition coefficient (Wildman–Crippen LogP) is 3.95. The summed E-state index contributed by atoms with van der Waals surface area (Å²) >= 11 is 3.37. The molecule has 0 saturated carbocycles. The molecule has 0 fully saturated rings. The van der Waals surface area contributed by atoms with Crippen LogP contribution in [0.25, 0.3) is 6.08 Å². The van der Waals surface area contributed by atoms with Gasteiger partial charge in [0.25, 0.3) is 0 Å². The number of phenols is 1. The lowest BCUT2D eigenvalue weighted by atomic mass is 10.2. The third-order valence-corrected chi connectivity index (χ3v) is 2.98. The van der Waals surface area contributed by atoms with Crippen LogP contribution in [-0.2, 0) is 0 Å². The van der Waals surface area contributed by atoms with Crippen molar-refractivity contribution in [3.05, 3.63) is 64.8 Å². The Morgan fingerprint density at radius 3 is 2.70 bits per heavy atom. The lowest BCUT2D eigenvalue weighted by Gasteiger charge is -2.06. The molecule has 0 bridgehead atoms. The quantitative estimate of drug-likeness (QED) is 0.745. The number of anilines is 1. The van der Waals surface area contributed by atoms with Crippen LogP contribution in [0.1, 0.15) is 5.56 Å². The number of phenolic OH excluding ortho intramolecular Hbond substituents is 1. The minimum Gasteiger partial charge on any atom is -0.506 e. The fourth-order valence-corrected chi connectivity index (χ4v) is 1.98. The van der Waals surface area contributed by atoms with E-state index in [9.17, 15) is 9.90 Å². The van der Waals surface area contributed by atoms with Crippen molar-refractivity contribution in [2.45, 2.75) is 0 Å². The molecule has 0 spiro atoms. The maximum atomic E-state index is 11.6. The van der Waals surface area contributed by atoms with Gasteiger partial charge in [0.15, 0.2) is 0 Å². The second kappa shape index (κ2) is 6.77. The Balaban J connectivity index is 1.91. The topological polar surface area (TPSA) is 61.4 Å². The summed E-state index contributed by atoms with van der Waals surface area (Å²) in [6.45, 7) is 0. The van der Waals surface area contributed by atoms with Gasteiger partial charge in [0.1, 0.15) is 5.75 Å². The molecular formula is C15H13BrN2O2. The summed E-state index contributed by atoms with van der Waals surface area (Å²) in [5, 5.41) is 14.6. The molecular weight excluding hydrogens is 320 g/mol. The lowest BCUT2D eigenvalue weighted by Crippen LogP contribution is -2.23. The zero-order valence-corrected chi connectivity index (χ0v) is 12.1. The number of halogens is 1. The minimum atomic E-state index is -0.419. The number of carbonyl (C=O) groups excluding carboxylic acids is 1. The zero-order valence-electron chi connectivity index (χ0n) is 10.5. The molecule has 0 heterocycles. The van der Waals surface area contributed by atoms with E-state index in [4.69, 9.17) is 0 Å². The molecule has 0 saturated heterocycles. The number of carbonyl (C=O) groups is 1. The van der Waals surface area contributed by atoms with E-state index < -0.39 is 6.03 Å². The summed E-state index contributed by atoms with van der Waals surface area (Å²) in [6, 6.07) is 13.8. The third kappa shape index (κ3) is 4.13. The van der Waals surface area contributed by atoms with E-state index in [1.54, 1.807) is 24.3 Å². The molecule has 0 aliphatic heterocycles. The van der Waals surface area contributed by atoms with Crippen LogP contribution in [-0.4, -0.2) is 11.1 Å². The number of para-hydroxylation sites is 2. The lowest BCUT2D eigenvalue weighted by molar-refractivity contribution is 0.255. The Morgan fingerprint density at radius 1 is 1.15 bits per heavy atom. The van der Waals surface area contributed by atoms with E-state index in [-0.39, 0.29) is 5.75 Å². The molecule has 0 aliphatic carbocycles. The molecule has 2 amide bonds. The molecule has 2 aromatic rings. The van der Waals surface area contributed by atoms with Gasteiger partial charge in [-0.25, -0.2) is 4.79 Å². The number of nitrogens with one attached hydrogen (secondary N) is 2. The molecule has 2 aromatic carbocycles. The van der Waals surface area contributed by atoms with Gasteiger partial charge in [-0.15, -0.1) is 0 Å². The second-order valence-electron chi connectivity index (χ2n) is 4.00. The van der Waals surface area contributed by atoms with Crippen molar-refractivity contribution in [1.82, 2.24) is 5.32 Å². The first-order chi connectivity index (χ1) is 9.65. The molecule has 5 heteroatoms. The average molecular weight is 333 g/mol. The highest BCUT2D eigenvalue weighted by Crippen LogP contribution is 2.21. The van der Waals surface area contributed by atoms with Gasteiger partial charge < -0.3 is 15.7 Å². The van der Waals surface area contributed by atoms with E-state index in [0.717, 1.165) is 10.0 Å². The van der Waals surface area contributed by atoms with Gasteiger partial charge in [-0.3, -0.25) is 0 Å². The maximum Gasteiger partial charge on any atom is 0.323 e. The van der Waals surface area contributed by atoms with Crippen molar-refractivity contribution in [2.75, 3.05) is 5.32 Å². The number of benzene rings is 2. The van der Waals surface area contributed by atoms with Gasteiger partial charge >= 0.3 is 6.03 Å². The fourth-order valence-electron chi connectivity index (χ4n) is 1.56. The number of aromatic hydroxyl groups is 1. The van der Waals surface area contributed by atoms with Crippen molar-refractivity contribution in [1.29, 1.82) is 0 Å². The predicted molar refractivity (Wildman–Crippen MR) is 83.4 cm³/mol. The summed E-state index contributed by atoms with van der Waals surface area (Å²) in [5.41, 5.74) is 1.32. The normalized spacial score (nSPS) is 10.4. The molecule has 0 radical (unpaired) electrons. The van der Waals surface area contributed by atoms with Crippen LogP contribution in [0.5, 0.6) is 5.75 Å². The monoisotopic (exact) mass is 332 g/mol. The number of hydrogen-bond donors (Lipinski definition) is 3. The summed E-state index contributed by atoms with van der Waals surface area (Å²) in [7, 11) is 0. The van der Waals surface area contributed by atoms with Crippen LogP contribution in [0, 0.1) is 0 Å². The van der Waals surface area contributed by atoms with E-state index >= 15 is 0 Å². The zero-order chi connectivity index (χ0) is 14.4. The Morgan fingerprint density at radius 2 is 1.95 bits per heavy atom. The van der Waals surface area contributed by atoms with E-state index in [1.165, 1.54) is 12.3 Å². The first-order valence-electron chi connectivity index (χ1n) is 5.93. The molecule has 0 aliphatic rings. The molecule has 4 nitrogen and oxygen atoms in total. The van der Waals surface area contributed by atoms with Crippen molar-refractivity contribution in [3.8, 4) is 5.75 Å². The molecule has 0 atom stereocenters. The van der Waals surface area contributed by atoms with Crippen LogP contribution in [0.3, 0.4) is 0 Å².